The number of fused-ring (bicyclic) bond motifs is 1. The summed E-state index contributed by atoms with van der Waals surface area (Å²) in [6.07, 6.45) is 1.33. The zero-order valence-electron chi connectivity index (χ0n) is 17.5. The number of nitrogens with zero attached hydrogens (tertiary/aromatic N) is 3. The van der Waals surface area contributed by atoms with E-state index in [0.717, 1.165) is 0 Å². The Balaban J connectivity index is 1.94. The van der Waals surface area contributed by atoms with Crippen LogP contribution in [0.15, 0.2) is 27.8 Å². The van der Waals surface area contributed by atoms with Crippen LogP contribution in [-0.4, -0.2) is 44.7 Å². The van der Waals surface area contributed by atoms with Crippen molar-refractivity contribution >= 4 is 40.3 Å². The van der Waals surface area contributed by atoms with E-state index in [0.29, 0.717) is 60.8 Å². The van der Waals surface area contributed by atoms with Crippen molar-refractivity contribution in [3.05, 3.63) is 43.9 Å². The smallest absolute Gasteiger partial charge is 0.410 e. The lowest BCUT2D eigenvalue weighted by Gasteiger charge is -2.34. The number of likely N-dealkylation sites (tertiary alicyclic amines) is 1. The van der Waals surface area contributed by atoms with Gasteiger partial charge in [-0.1, -0.05) is 11.6 Å². The molecular weight excluding hydrogens is 429 g/mol. The molecule has 164 valence electrons. The van der Waals surface area contributed by atoms with Crippen LogP contribution >= 0.6 is 23.2 Å². The summed E-state index contributed by atoms with van der Waals surface area (Å²) in [7, 11) is 0. The molecule has 0 aliphatic carbocycles. The number of alkyl halides is 1. The fourth-order valence-electron chi connectivity index (χ4n) is 3.79. The number of aromatic nitrogens is 2. The van der Waals surface area contributed by atoms with Gasteiger partial charge < -0.3 is 14.2 Å². The van der Waals surface area contributed by atoms with Crippen LogP contribution < -0.4 is 11.1 Å². The second-order valence-electron chi connectivity index (χ2n) is 8.51. The summed E-state index contributed by atoms with van der Waals surface area (Å²) in [5.41, 5.74) is -0.422. The minimum Gasteiger partial charge on any atom is -0.444 e. The summed E-state index contributed by atoms with van der Waals surface area (Å²) in [4.78, 5) is 39.8. The molecule has 1 fully saturated rings. The van der Waals surface area contributed by atoms with Crippen molar-refractivity contribution in [2.45, 2.75) is 58.2 Å². The third-order valence-electron chi connectivity index (χ3n) is 5.13. The molecule has 9 heteroatoms. The number of carbonyl (C=O) groups is 1. The van der Waals surface area contributed by atoms with Gasteiger partial charge in [-0.2, -0.15) is 0 Å². The lowest BCUT2D eigenvalue weighted by atomic mass is 10.0. The fraction of sp³-hybridized carbons (Fsp3) is 0.571. The Morgan fingerprint density at radius 3 is 2.40 bits per heavy atom. The van der Waals surface area contributed by atoms with Crippen LogP contribution in [0.4, 0.5) is 4.79 Å². The predicted molar refractivity (Wildman–Crippen MR) is 119 cm³/mol. The van der Waals surface area contributed by atoms with Crippen LogP contribution in [0.5, 0.6) is 0 Å². The van der Waals surface area contributed by atoms with E-state index in [9.17, 15) is 14.4 Å². The maximum atomic E-state index is 13.0. The third-order valence-corrected chi connectivity index (χ3v) is 5.63. The van der Waals surface area contributed by atoms with Crippen LogP contribution in [0, 0.1) is 0 Å². The van der Waals surface area contributed by atoms with Crippen molar-refractivity contribution in [1.82, 2.24) is 14.0 Å². The first-order valence-corrected chi connectivity index (χ1v) is 11.0. The maximum absolute atomic E-state index is 13.0. The topological polar surface area (TPSA) is 73.5 Å². The number of carbonyl (C=O) groups excluding carboxylic acids is 1. The Kier molecular flexibility index (Phi) is 6.82. The monoisotopic (exact) mass is 455 g/mol. The molecule has 7 nitrogen and oxygen atoms in total. The summed E-state index contributed by atoms with van der Waals surface area (Å²) in [5, 5.41) is 0.492. The fourth-order valence-corrected chi connectivity index (χ4v) is 4.08. The van der Waals surface area contributed by atoms with Crippen LogP contribution in [-0.2, 0) is 11.3 Å². The van der Waals surface area contributed by atoms with Crippen molar-refractivity contribution in [3.8, 4) is 0 Å². The molecule has 0 radical (unpaired) electrons. The van der Waals surface area contributed by atoms with Gasteiger partial charge in [0.2, 0.25) is 0 Å². The highest BCUT2D eigenvalue weighted by Crippen LogP contribution is 2.27. The highest BCUT2D eigenvalue weighted by atomic mass is 35.5. The minimum absolute atomic E-state index is 0.185. The third kappa shape index (κ3) is 4.83. The van der Waals surface area contributed by atoms with E-state index < -0.39 is 16.7 Å². The van der Waals surface area contributed by atoms with Gasteiger partial charge in [0.05, 0.1) is 11.0 Å². The lowest BCUT2D eigenvalue weighted by Crippen LogP contribution is -2.47. The number of halogens is 2. The predicted octanol–water partition coefficient (Wildman–Crippen LogP) is 4.02. The van der Waals surface area contributed by atoms with Crippen molar-refractivity contribution in [2.75, 3.05) is 19.0 Å². The summed E-state index contributed by atoms with van der Waals surface area (Å²) >= 11 is 12.0. The normalized spacial score (nSPS) is 15.6. The molecule has 1 aliphatic rings. The van der Waals surface area contributed by atoms with E-state index in [2.05, 4.69) is 0 Å². The molecule has 0 atom stereocenters. The van der Waals surface area contributed by atoms with Gasteiger partial charge in [0.1, 0.15) is 5.60 Å². The van der Waals surface area contributed by atoms with Crippen LogP contribution in [0.25, 0.3) is 11.0 Å². The molecule has 0 spiro atoms. The number of benzene rings is 1. The van der Waals surface area contributed by atoms with E-state index in [4.69, 9.17) is 27.9 Å². The van der Waals surface area contributed by atoms with E-state index >= 15 is 0 Å². The Labute approximate surface area is 185 Å². The number of amides is 1. The molecule has 3 rings (SSSR count). The van der Waals surface area contributed by atoms with E-state index in [1.807, 2.05) is 20.8 Å². The number of piperidine rings is 1. The second kappa shape index (κ2) is 9.02. The first-order chi connectivity index (χ1) is 14.1. The van der Waals surface area contributed by atoms with E-state index in [1.54, 1.807) is 27.7 Å². The van der Waals surface area contributed by atoms with Gasteiger partial charge in [0.25, 0.3) is 0 Å². The van der Waals surface area contributed by atoms with Gasteiger partial charge in [-0.3, -0.25) is 14.2 Å². The molecule has 0 saturated carbocycles. The molecule has 2 heterocycles. The summed E-state index contributed by atoms with van der Waals surface area (Å²) in [6, 6.07) is 5.01. The number of hydrogen-bond donors (Lipinski definition) is 0. The van der Waals surface area contributed by atoms with Crippen molar-refractivity contribution in [1.29, 1.82) is 0 Å². The van der Waals surface area contributed by atoms with Gasteiger partial charge >= 0.3 is 17.2 Å². The molecule has 1 aliphatic heterocycles. The zero-order valence-corrected chi connectivity index (χ0v) is 19.0. The molecule has 1 aromatic carbocycles. The highest BCUT2D eigenvalue weighted by molar-refractivity contribution is 6.31. The molecule has 1 saturated heterocycles. The van der Waals surface area contributed by atoms with Gasteiger partial charge in [-0.25, -0.2) is 4.79 Å². The first-order valence-electron chi connectivity index (χ1n) is 10.1. The quantitative estimate of drug-likeness (QED) is 0.515. The Morgan fingerprint density at radius 2 is 1.80 bits per heavy atom. The number of ether oxygens (including phenoxy) is 1. The molecule has 0 N–H and O–H groups in total. The Morgan fingerprint density at radius 1 is 1.13 bits per heavy atom. The average molecular weight is 456 g/mol. The second-order valence-corrected chi connectivity index (χ2v) is 9.32. The maximum Gasteiger partial charge on any atom is 0.410 e. The summed E-state index contributed by atoms with van der Waals surface area (Å²) in [6.45, 7) is 6.74. The lowest BCUT2D eigenvalue weighted by molar-refractivity contribution is 0.0188. The molecular formula is C21H27Cl2N3O4. The van der Waals surface area contributed by atoms with Gasteiger partial charge in [-0.15, -0.1) is 11.6 Å². The standard InChI is InChI=1S/C21H27Cl2N3O4/c1-21(2,3)30-20(29)24-11-7-15(8-12-24)26-16-6-5-14(23)13-17(16)25(10-4-9-22)18(27)19(26)28/h5-6,13,15H,4,7-12H2,1-3H3. The van der Waals surface area contributed by atoms with Crippen molar-refractivity contribution < 1.29 is 9.53 Å². The Hall–Kier alpha value is -1.99. The highest BCUT2D eigenvalue weighted by Gasteiger charge is 2.29. The molecule has 0 bridgehead atoms. The van der Waals surface area contributed by atoms with Gasteiger partial charge in [0, 0.05) is 36.6 Å². The first kappa shape index (κ1) is 22.7. The summed E-state index contributed by atoms with van der Waals surface area (Å²) in [5.74, 6) is 0.390. The van der Waals surface area contributed by atoms with Crippen LogP contribution in [0.1, 0.15) is 46.1 Å². The molecule has 1 aromatic heterocycles. The van der Waals surface area contributed by atoms with Gasteiger partial charge in [0.15, 0.2) is 0 Å². The van der Waals surface area contributed by atoms with Crippen molar-refractivity contribution in [3.63, 3.8) is 0 Å². The molecule has 0 unspecified atom stereocenters. The van der Waals surface area contributed by atoms with E-state index in [-0.39, 0.29) is 12.1 Å². The zero-order chi connectivity index (χ0) is 22.1. The molecule has 1 amide bonds. The minimum atomic E-state index is -0.579. The number of hydrogen-bond acceptors (Lipinski definition) is 4. The van der Waals surface area contributed by atoms with Crippen LogP contribution in [0.3, 0.4) is 0 Å². The van der Waals surface area contributed by atoms with Crippen LogP contribution in [0.2, 0.25) is 5.02 Å². The summed E-state index contributed by atoms with van der Waals surface area (Å²) < 4.78 is 8.46. The largest absolute Gasteiger partial charge is 0.444 e. The van der Waals surface area contributed by atoms with E-state index in [1.165, 1.54) is 4.57 Å². The SMILES string of the molecule is CC(C)(C)OC(=O)N1CCC(n2c(=O)c(=O)n(CCCCl)c3cc(Cl)ccc32)CC1. The molecule has 2 aromatic rings. The Bertz CT molecular complexity index is 1050. The number of aryl methyl sites for hydroxylation is 1. The number of rotatable bonds is 4. The molecule has 30 heavy (non-hydrogen) atoms. The average Bonchev–Trinajstić information content (AvgIpc) is 2.68. The van der Waals surface area contributed by atoms with Crippen molar-refractivity contribution in [2.24, 2.45) is 0 Å². The van der Waals surface area contributed by atoms with Gasteiger partial charge in [-0.05, 0) is 58.2 Å².